The lowest BCUT2D eigenvalue weighted by Crippen LogP contribution is -2.30. The molecule has 0 aromatic carbocycles. The van der Waals surface area contributed by atoms with Gasteiger partial charge in [0.25, 0.3) is 0 Å². The molecule has 1 aliphatic rings. The zero-order valence-corrected chi connectivity index (χ0v) is 9.71. The SMILES string of the molecule is CCCC[C@@H]1C[C@H](O)CN1CCCC. The van der Waals surface area contributed by atoms with Gasteiger partial charge in [-0.25, -0.2) is 0 Å². The Morgan fingerprint density at radius 2 is 1.93 bits per heavy atom. The molecule has 1 fully saturated rings. The molecule has 1 saturated heterocycles. The standard InChI is InChI=1S/C12H25NO/c1-3-5-7-11-9-12(14)10-13(11)8-6-4-2/h11-12,14H,3-10H2,1-2H3/t11-,12+/m1/s1. The molecule has 2 heteroatoms. The minimum absolute atomic E-state index is 0.0614. The summed E-state index contributed by atoms with van der Waals surface area (Å²) in [6.07, 6.45) is 7.33. The van der Waals surface area contributed by atoms with Crippen molar-refractivity contribution in [1.29, 1.82) is 0 Å². The smallest absolute Gasteiger partial charge is 0.0682 e. The van der Waals surface area contributed by atoms with Crippen LogP contribution in [0.4, 0.5) is 0 Å². The van der Waals surface area contributed by atoms with E-state index in [-0.39, 0.29) is 6.10 Å². The molecule has 0 spiro atoms. The average Bonchev–Trinajstić information content (AvgIpc) is 2.52. The fourth-order valence-corrected chi connectivity index (χ4v) is 2.33. The van der Waals surface area contributed by atoms with Gasteiger partial charge < -0.3 is 5.11 Å². The first-order valence-electron chi connectivity index (χ1n) is 6.20. The molecule has 0 bridgehead atoms. The molecule has 0 amide bonds. The fourth-order valence-electron chi connectivity index (χ4n) is 2.33. The van der Waals surface area contributed by atoms with Gasteiger partial charge in [0.05, 0.1) is 6.10 Å². The number of likely N-dealkylation sites (tertiary alicyclic amines) is 1. The maximum atomic E-state index is 9.63. The second-order valence-corrected chi connectivity index (χ2v) is 4.53. The Labute approximate surface area is 88.3 Å². The van der Waals surface area contributed by atoms with Gasteiger partial charge in [-0.05, 0) is 25.8 Å². The molecular formula is C12H25NO. The highest BCUT2D eigenvalue weighted by molar-refractivity contribution is 4.84. The van der Waals surface area contributed by atoms with Gasteiger partial charge in [0.2, 0.25) is 0 Å². The highest BCUT2D eigenvalue weighted by Gasteiger charge is 2.29. The van der Waals surface area contributed by atoms with Crippen molar-refractivity contribution in [3.05, 3.63) is 0 Å². The van der Waals surface area contributed by atoms with E-state index in [0.717, 1.165) is 13.0 Å². The largest absolute Gasteiger partial charge is 0.392 e. The summed E-state index contributed by atoms with van der Waals surface area (Å²) >= 11 is 0. The monoisotopic (exact) mass is 199 g/mol. The summed E-state index contributed by atoms with van der Waals surface area (Å²) in [6.45, 7) is 6.56. The molecule has 1 rings (SSSR count). The van der Waals surface area contributed by atoms with E-state index in [9.17, 15) is 5.11 Å². The number of hydrogen-bond donors (Lipinski definition) is 1. The van der Waals surface area contributed by atoms with Crippen LogP contribution in [0.15, 0.2) is 0 Å². The summed E-state index contributed by atoms with van der Waals surface area (Å²) < 4.78 is 0. The van der Waals surface area contributed by atoms with Crippen LogP contribution in [0, 0.1) is 0 Å². The number of aliphatic hydroxyl groups excluding tert-OH is 1. The van der Waals surface area contributed by atoms with Crippen LogP contribution in [-0.4, -0.2) is 35.2 Å². The van der Waals surface area contributed by atoms with Gasteiger partial charge in [-0.3, -0.25) is 4.90 Å². The van der Waals surface area contributed by atoms with Crippen molar-refractivity contribution in [1.82, 2.24) is 4.90 Å². The molecule has 2 nitrogen and oxygen atoms in total. The molecular weight excluding hydrogens is 174 g/mol. The summed E-state index contributed by atoms with van der Waals surface area (Å²) in [5.74, 6) is 0. The lowest BCUT2D eigenvalue weighted by molar-refractivity contribution is 0.174. The number of nitrogens with zero attached hydrogens (tertiary/aromatic N) is 1. The lowest BCUT2D eigenvalue weighted by atomic mass is 10.1. The first-order chi connectivity index (χ1) is 6.77. The summed E-state index contributed by atoms with van der Waals surface area (Å²) in [7, 11) is 0. The van der Waals surface area contributed by atoms with E-state index < -0.39 is 0 Å². The van der Waals surface area contributed by atoms with E-state index in [0.29, 0.717) is 6.04 Å². The Balaban J connectivity index is 2.29. The Bertz CT molecular complexity index is 133. The normalized spacial score (nSPS) is 28.5. The van der Waals surface area contributed by atoms with E-state index >= 15 is 0 Å². The van der Waals surface area contributed by atoms with Crippen molar-refractivity contribution in [2.45, 2.75) is 64.5 Å². The third-order valence-corrected chi connectivity index (χ3v) is 3.20. The maximum absolute atomic E-state index is 9.63. The fraction of sp³-hybridized carbons (Fsp3) is 1.00. The summed E-state index contributed by atoms with van der Waals surface area (Å²) in [4.78, 5) is 2.49. The minimum Gasteiger partial charge on any atom is -0.392 e. The molecule has 0 saturated carbocycles. The molecule has 0 unspecified atom stereocenters. The van der Waals surface area contributed by atoms with Crippen molar-refractivity contribution in [2.24, 2.45) is 0 Å². The molecule has 84 valence electrons. The van der Waals surface area contributed by atoms with Crippen LogP contribution in [0.1, 0.15) is 52.4 Å². The number of aliphatic hydroxyl groups is 1. The quantitative estimate of drug-likeness (QED) is 0.710. The molecule has 1 N–H and O–H groups in total. The van der Waals surface area contributed by atoms with E-state index in [2.05, 4.69) is 18.7 Å². The summed E-state index contributed by atoms with van der Waals surface area (Å²) in [5.41, 5.74) is 0. The van der Waals surface area contributed by atoms with Gasteiger partial charge in [-0.2, -0.15) is 0 Å². The van der Waals surface area contributed by atoms with Crippen LogP contribution in [0.25, 0.3) is 0 Å². The Kier molecular flexibility index (Phi) is 5.49. The zero-order chi connectivity index (χ0) is 10.4. The van der Waals surface area contributed by atoms with Crippen molar-refractivity contribution in [2.75, 3.05) is 13.1 Å². The van der Waals surface area contributed by atoms with Gasteiger partial charge in [-0.1, -0.05) is 33.1 Å². The number of unbranched alkanes of at least 4 members (excludes halogenated alkanes) is 2. The summed E-state index contributed by atoms with van der Waals surface area (Å²) in [5, 5.41) is 9.63. The highest BCUT2D eigenvalue weighted by atomic mass is 16.3. The topological polar surface area (TPSA) is 23.5 Å². The number of hydrogen-bond acceptors (Lipinski definition) is 2. The van der Waals surface area contributed by atoms with Crippen LogP contribution >= 0.6 is 0 Å². The van der Waals surface area contributed by atoms with Gasteiger partial charge >= 0.3 is 0 Å². The van der Waals surface area contributed by atoms with Crippen LogP contribution < -0.4 is 0 Å². The van der Waals surface area contributed by atoms with E-state index in [1.807, 2.05) is 0 Å². The van der Waals surface area contributed by atoms with Crippen molar-refractivity contribution in [3.63, 3.8) is 0 Å². The third kappa shape index (κ3) is 3.58. The molecule has 0 radical (unpaired) electrons. The van der Waals surface area contributed by atoms with Gasteiger partial charge in [0.15, 0.2) is 0 Å². The van der Waals surface area contributed by atoms with Crippen LogP contribution in [0.5, 0.6) is 0 Å². The third-order valence-electron chi connectivity index (χ3n) is 3.20. The minimum atomic E-state index is -0.0614. The van der Waals surface area contributed by atoms with E-state index in [1.54, 1.807) is 0 Å². The molecule has 0 aliphatic carbocycles. The predicted molar refractivity (Wildman–Crippen MR) is 60.4 cm³/mol. The molecule has 1 heterocycles. The Morgan fingerprint density at radius 1 is 1.21 bits per heavy atom. The molecule has 14 heavy (non-hydrogen) atoms. The van der Waals surface area contributed by atoms with Crippen LogP contribution in [0.3, 0.4) is 0 Å². The van der Waals surface area contributed by atoms with Crippen molar-refractivity contribution < 1.29 is 5.11 Å². The predicted octanol–water partition coefficient (Wildman–Crippen LogP) is 2.41. The summed E-state index contributed by atoms with van der Waals surface area (Å²) in [6, 6.07) is 0.663. The van der Waals surface area contributed by atoms with Crippen LogP contribution in [0.2, 0.25) is 0 Å². The van der Waals surface area contributed by atoms with Gasteiger partial charge in [0.1, 0.15) is 0 Å². The zero-order valence-electron chi connectivity index (χ0n) is 9.71. The van der Waals surface area contributed by atoms with Gasteiger partial charge in [-0.15, -0.1) is 0 Å². The number of rotatable bonds is 6. The van der Waals surface area contributed by atoms with Crippen molar-refractivity contribution in [3.8, 4) is 0 Å². The molecule has 1 aliphatic heterocycles. The van der Waals surface area contributed by atoms with Crippen molar-refractivity contribution >= 4 is 0 Å². The lowest BCUT2D eigenvalue weighted by Gasteiger charge is -2.23. The molecule has 0 aromatic heterocycles. The highest BCUT2D eigenvalue weighted by Crippen LogP contribution is 2.22. The van der Waals surface area contributed by atoms with Gasteiger partial charge in [0, 0.05) is 12.6 Å². The maximum Gasteiger partial charge on any atom is 0.0682 e. The first kappa shape index (κ1) is 12.0. The average molecular weight is 199 g/mol. The second kappa shape index (κ2) is 6.41. The molecule has 0 aromatic rings. The molecule has 2 atom stereocenters. The second-order valence-electron chi connectivity index (χ2n) is 4.53. The van der Waals surface area contributed by atoms with E-state index in [1.165, 1.54) is 38.6 Å². The first-order valence-corrected chi connectivity index (χ1v) is 6.20. The van der Waals surface area contributed by atoms with Crippen LogP contribution in [-0.2, 0) is 0 Å². The van der Waals surface area contributed by atoms with E-state index in [4.69, 9.17) is 0 Å². The Morgan fingerprint density at radius 3 is 2.57 bits per heavy atom. The Hall–Kier alpha value is -0.0800. The number of β-amino-alcohol motifs (C(OH)–C–C–N with tert-alkyl or cyclic N) is 1.